The predicted octanol–water partition coefficient (Wildman–Crippen LogP) is 3.69. The predicted molar refractivity (Wildman–Crippen MR) is 81.2 cm³/mol. The van der Waals surface area contributed by atoms with Gasteiger partial charge in [0, 0.05) is 12.1 Å². The van der Waals surface area contributed by atoms with Crippen LogP contribution in [0.15, 0.2) is 0 Å². The molecule has 1 saturated heterocycles. The van der Waals surface area contributed by atoms with E-state index in [9.17, 15) is 0 Å². The van der Waals surface area contributed by atoms with E-state index in [4.69, 9.17) is 5.73 Å². The summed E-state index contributed by atoms with van der Waals surface area (Å²) in [6.07, 6.45) is 17.5. The number of hydrogen-bond acceptors (Lipinski definition) is 2. The SMILES string of the molecule is NCCC1CCCCN1C1CCC2(CCCC2)CC1. The smallest absolute Gasteiger partial charge is 0.0110 e. The molecule has 3 aliphatic rings. The molecule has 0 aromatic carbocycles. The van der Waals surface area contributed by atoms with Gasteiger partial charge in [-0.25, -0.2) is 0 Å². The van der Waals surface area contributed by atoms with Gasteiger partial charge >= 0.3 is 0 Å². The van der Waals surface area contributed by atoms with E-state index in [0.717, 1.165) is 24.0 Å². The summed E-state index contributed by atoms with van der Waals surface area (Å²) < 4.78 is 0. The average Bonchev–Trinajstić information content (AvgIpc) is 2.89. The van der Waals surface area contributed by atoms with Gasteiger partial charge in [-0.3, -0.25) is 4.90 Å². The molecule has 19 heavy (non-hydrogen) atoms. The summed E-state index contributed by atoms with van der Waals surface area (Å²) in [7, 11) is 0. The second-order valence-electron chi connectivity index (χ2n) is 7.40. The van der Waals surface area contributed by atoms with E-state index < -0.39 is 0 Å². The van der Waals surface area contributed by atoms with E-state index in [0.29, 0.717) is 0 Å². The molecule has 1 unspecified atom stereocenters. The minimum absolute atomic E-state index is 0.787. The second-order valence-corrected chi connectivity index (χ2v) is 7.40. The van der Waals surface area contributed by atoms with Crippen LogP contribution >= 0.6 is 0 Å². The van der Waals surface area contributed by atoms with Gasteiger partial charge in [-0.15, -0.1) is 0 Å². The minimum atomic E-state index is 0.787. The maximum Gasteiger partial charge on any atom is 0.0110 e. The third-order valence-corrected chi connectivity index (χ3v) is 6.32. The van der Waals surface area contributed by atoms with Gasteiger partial charge < -0.3 is 5.73 Å². The molecule has 2 aliphatic carbocycles. The van der Waals surface area contributed by atoms with Crippen molar-refractivity contribution in [3.05, 3.63) is 0 Å². The van der Waals surface area contributed by atoms with Crippen LogP contribution < -0.4 is 5.73 Å². The van der Waals surface area contributed by atoms with Crippen molar-refractivity contribution in [2.75, 3.05) is 13.1 Å². The molecule has 2 heteroatoms. The van der Waals surface area contributed by atoms with Gasteiger partial charge in [0.1, 0.15) is 0 Å². The zero-order valence-corrected chi connectivity index (χ0v) is 12.6. The number of piperidine rings is 1. The molecule has 3 rings (SSSR count). The monoisotopic (exact) mass is 264 g/mol. The standard InChI is InChI=1S/C17H32N2/c18-13-8-15-5-1-4-14-19(15)16-6-11-17(12-7-16)9-2-3-10-17/h15-16H,1-14,18H2. The Labute approximate surface area is 119 Å². The van der Waals surface area contributed by atoms with Crippen LogP contribution in [0.5, 0.6) is 0 Å². The first-order chi connectivity index (χ1) is 9.33. The molecule has 0 aromatic rings. The van der Waals surface area contributed by atoms with Crippen molar-refractivity contribution in [2.45, 2.75) is 89.1 Å². The fraction of sp³-hybridized carbons (Fsp3) is 1.00. The normalized spacial score (nSPS) is 33.0. The van der Waals surface area contributed by atoms with Crippen LogP contribution in [0.3, 0.4) is 0 Å². The fourth-order valence-corrected chi connectivity index (χ4v) is 5.18. The van der Waals surface area contributed by atoms with Crippen LogP contribution in [0.2, 0.25) is 0 Å². The van der Waals surface area contributed by atoms with Crippen molar-refractivity contribution in [3.8, 4) is 0 Å². The third kappa shape index (κ3) is 3.00. The highest BCUT2D eigenvalue weighted by molar-refractivity contribution is 4.94. The lowest BCUT2D eigenvalue weighted by atomic mass is 9.70. The first-order valence-corrected chi connectivity index (χ1v) is 8.79. The highest BCUT2D eigenvalue weighted by atomic mass is 15.2. The second kappa shape index (κ2) is 6.13. The number of nitrogens with zero attached hydrogens (tertiary/aromatic N) is 1. The lowest BCUT2D eigenvalue weighted by Crippen LogP contribution is -2.49. The van der Waals surface area contributed by atoms with Crippen LogP contribution in [-0.2, 0) is 0 Å². The summed E-state index contributed by atoms with van der Waals surface area (Å²) in [6, 6.07) is 1.70. The van der Waals surface area contributed by atoms with Gasteiger partial charge in [0.2, 0.25) is 0 Å². The van der Waals surface area contributed by atoms with E-state index in [-0.39, 0.29) is 0 Å². The molecule has 110 valence electrons. The average molecular weight is 264 g/mol. The summed E-state index contributed by atoms with van der Waals surface area (Å²) >= 11 is 0. The molecule has 3 fully saturated rings. The minimum Gasteiger partial charge on any atom is -0.330 e. The molecule has 1 heterocycles. The van der Waals surface area contributed by atoms with Gasteiger partial charge in [0.15, 0.2) is 0 Å². The van der Waals surface area contributed by atoms with Crippen molar-refractivity contribution in [3.63, 3.8) is 0 Å². The maximum absolute atomic E-state index is 5.82. The zero-order valence-electron chi connectivity index (χ0n) is 12.6. The van der Waals surface area contributed by atoms with E-state index in [2.05, 4.69) is 4.90 Å². The Hall–Kier alpha value is -0.0800. The van der Waals surface area contributed by atoms with Crippen LogP contribution in [-0.4, -0.2) is 30.1 Å². The molecule has 1 atom stereocenters. The van der Waals surface area contributed by atoms with E-state index >= 15 is 0 Å². The Morgan fingerprint density at radius 3 is 2.32 bits per heavy atom. The maximum atomic E-state index is 5.82. The summed E-state index contributed by atoms with van der Waals surface area (Å²) in [4.78, 5) is 2.86. The van der Waals surface area contributed by atoms with E-state index in [1.165, 1.54) is 83.6 Å². The van der Waals surface area contributed by atoms with Crippen molar-refractivity contribution < 1.29 is 0 Å². The topological polar surface area (TPSA) is 29.3 Å². The van der Waals surface area contributed by atoms with Gasteiger partial charge in [-0.05, 0) is 76.3 Å². The zero-order chi connectivity index (χ0) is 13.1. The van der Waals surface area contributed by atoms with Crippen molar-refractivity contribution in [2.24, 2.45) is 11.1 Å². The number of nitrogens with two attached hydrogens (primary N) is 1. The third-order valence-electron chi connectivity index (χ3n) is 6.32. The highest BCUT2D eigenvalue weighted by Crippen LogP contribution is 2.50. The molecule has 1 aliphatic heterocycles. The lowest BCUT2D eigenvalue weighted by molar-refractivity contribution is 0.0380. The van der Waals surface area contributed by atoms with Crippen LogP contribution in [0.25, 0.3) is 0 Å². The number of rotatable bonds is 3. The largest absolute Gasteiger partial charge is 0.330 e. The highest BCUT2D eigenvalue weighted by Gasteiger charge is 2.40. The first-order valence-electron chi connectivity index (χ1n) is 8.79. The molecule has 1 spiro atoms. The molecule has 2 saturated carbocycles. The Bertz CT molecular complexity index is 271. The Morgan fingerprint density at radius 2 is 1.63 bits per heavy atom. The molecule has 0 radical (unpaired) electrons. The van der Waals surface area contributed by atoms with Crippen LogP contribution in [0, 0.1) is 5.41 Å². The summed E-state index contributed by atoms with van der Waals surface area (Å²) in [5, 5.41) is 0. The fourth-order valence-electron chi connectivity index (χ4n) is 5.18. The molecule has 0 aromatic heterocycles. The quantitative estimate of drug-likeness (QED) is 0.842. The van der Waals surface area contributed by atoms with Gasteiger partial charge in [0.05, 0.1) is 0 Å². The van der Waals surface area contributed by atoms with Gasteiger partial charge in [-0.2, -0.15) is 0 Å². The Balaban J connectivity index is 1.57. The molecule has 2 N–H and O–H groups in total. The van der Waals surface area contributed by atoms with Crippen LogP contribution in [0.4, 0.5) is 0 Å². The number of likely N-dealkylation sites (tertiary alicyclic amines) is 1. The Kier molecular flexibility index (Phi) is 4.48. The van der Waals surface area contributed by atoms with Gasteiger partial charge in [-0.1, -0.05) is 19.3 Å². The Morgan fingerprint density at radius 1 is 0.895 bits per heavy atom. The first kappa shape index (κ1) is 13.9. The number of hydrogen-bond donors (Lipinski definition) is 1. The van der Waals surface area contributed by atoms with Crippen LogP contribution in [0.1, 0.15) is 77.0 Å². The van der Waals surface area contributed by atoms with Crippen molar-refractivity contribution in [1.82, 2.24) is 4.90 Å². The molecule has 0 bridgehead atoms. The summed E-state index contributed by atoms with van der Waals surface area (Å²) in [5.41, 5.74) is 6.61. The molecular formula is C17H32N2. The van der Waals surface area contributed by atoms with Gasteiger partial charge in [0.25, 0.3) is 0 Å². The summed E-state index contributed by atoms with van der Waals surface area (Å²) in [6.45, 7) is 2.22. The molecule has 0 amide bonds. The molecular weight excluding hydrogens is 232 g/mol. The van der Waals surface area contributed by atoms with Crippen molar-refractivity contribution in [1.29, 1.82) is 0 Å². The van der Waals surface area contributed by atoms with Crippen molar-refractivity contribution >= 4 is 0 Å². The van der Waals surface area contributed by atoms with E-state index in [1.807, 2.05) is 0 Å². The summed E-state index contributed by atoms with van der Waals surface area (Å²) in [5.74, 6) is 0. The lowest BCUT2D eigenvalue weighted by Gasteiger charge is -2.46. The van der Waals surface area contributed by atoms with E-state index in [1.54, 1.807) is 0 Å². The molecule has 2 nitrogen and oxygen atoms in total.